The lowest BCUT2D eigenvalue weighted by Gasteiger charge is -2.16. The fourth-order valence-electron chi connectivity index (χ4n) is 2.55. The van der Waals surface area contributed by atoms with E-state index in [1.165, 1.54) is 48.5 Å². The highest BCUT2D eigenvalue weighted by Crippen LogP contribution is 2.39. The van der Waals surface area contributed by atoms with E-state index in [1.54, 1.807) is 0 Å². The van der Waals surface area contributed by atoms with Gasteiger partial charge in [-0.15, -0.1) is 26.3 Å². The van der Waals surface area contributed by atoms with Gasteiger partial charge in [-0.1, -0.05) is 35.9 Å². The first-order chi connectivity index (χ1) is 13.5. The first kappa shape index (κ1) is 20.8. The third kappa shape index (κ3) is 5.32. The van der Waals surface area contributed by atoms with Crippen LogP contribution in [-0.2, 0) is 0 Å². The van der Waals surface area contributed by atoms with Crippen molar-refractivity contribution in [3.05, 3.63) is 65.7 Å². The molecule has 1 heterocycles. The van der Waals surface area contributed by atoms with Crippen LogP contribution >= 0.6 is 11.6 Å². The topological polar surface area (TPSA) is 31.4 Å². The van der Waals surface area contributed by atoms with Crippen LogP contribution in [0.2, 0.25) is 5.02 Å². The van der Waals surface area contributed by atoms with E-state index < -0.39 is 24.2 Å². The fraction of sp³-hybridized carbons (Fsp3) is 0.105. The lowest BCUT2D eigenvalue weighted by atomic mass is 10.1. The summed E-state index contributed by atoms with van der Waals surface area (Å²) in [4.78, 5) is 4.17. The van der Waals surface area contributed by atoms with Crippen LogP contribution in [0.3, 0.4) is 0 Å². The summed E-state index contributed by atoms with van der Waals surface area (Å²) in [5.74, 6) is -1.06. The van der Waals surface area contributed by atoms with Gasteiger partial charge in [-0.25, -0.2) is 4.98 Å². The van der Waals surface area contributed by atoms with E-state index in [9.17, 15) is 26.3 Å². The minimum Gasteiger partial charge on any atom is -0.405 e. The summed E-state index contributed by atoms with van der Waals surface area (Å²) >= 11 is 6.10. The fourth-order valence-corrected chi connectivity index (χ4v) is 2.76. The lowest BCUT2D eigenvalue weighted by Crippen LogP contribution is -2.18. The Morgan fingerprint density at radius 1 is 0.655 bits per heavy atom. The third-order valence-corrected chi connectivity index (χ3v) is 3.91. The van der Waals surface area contributed by atoms with Crippen molar-refractivity contribution in [3.8, 4) is 34.0 Å². The molecule has 1 aromatic heterocycles. The molecule has 0 amide bonds. The number of para-hydroxylation sites is 2. The van der Waals surface area contributed by atoms with Gasteiger partial charge in [0.1, 0.15) is 11.5 Å². The second-order valence-electron chi connectivity index (χ2n) is 5.61. The number of halogens is 7. The predicted molar refractivity (Wildman–Crippen MR) is 93.5 cm³/mol. The highest BCUT2D eigenvalue weighted by Gasteiger charge is 2.33. The Morgan fingerprint density at radius 3 is 1.69 bits per heavy atom. The first-order valence-corrected chi connectivity index (χ1v) is 8.28. The van der Waals surface area contributed by atoms with E-state index in [2.05, 4.69) is 14.5 Å². The maximum atomic E-state index is 12.7. The van der Waals surface area contributed by atoms with Crippen LogP contribution in [0.25, 0.3) is 22.5 Å². The maximum Gasteiger partial charge on any atom is 0.573 e. The molecule has 0 unspecified atom stereocenters. The van der Waals surface area contributed by atoms with Crippen molar-refractivity contribution in [2.24, 2.45) is 0 Å². The van der Waals surface area contributed by atoms with Gasteiger partial charge in [0.25, 0.3) is 0 Å². The zero-order valence-corrected chi connectivity index (χ0v) is 14.9. The molecule has 3 aromatic rings. The second kappa shape index (κ2) is 7.82. The Kier molecular flexibility index (Phi) is 5.61. The van der Waals surface area contributed by atoms with Crippen molar-refractivity contribution < 1.29 is 35.8 Å². The minimum absolute atomic E-state index is 0.0128. The summed E-state index contributed by atoms with van der Waals surface area (Å²) in [5, 5.41) is -0.0128. The molecular weight excluding hydrogens is 424 g/mol. The van der Waals surface area contributed by atoms with E-state index >= 15 is 0 Å². The van der Waals surface area contributed by atoms with Crippen molar-refractivity contribution in [1.82, 2.24) is 4.98 Å². The summed E-state index contributed by atoms with van der Waals surface area (Å²) in [6.45, 7) is 0. The molecule has 0 aliphatic heterocycles. The van der Waals surface area contributed by atoms with Gasteiger partial charge in [-0.3, -0.25) is 0 Å². The summed E-state index contributed by atoms with van der Waals surface area (Å²) in [5.41, 5.74) is -0.167. The Hall–Kier alpha value is -2.94. The summed E-state index contributed by atoms with van der Waals surface area (Å²) in [6, 6.07) is 13.0. The van der Waals surface area contributed by atoms with E-state index in [0.717, 1.165) is 12.1 Å². The maximum absolute atomic E-state index is 12.7. The monoisotopic (exact) mass is 433 g/mol. The molecule has 0 aliphatic rings. The van der Waals surface area contributed by atoms with Crippen molar-refractivity contribution >= 4 is 11.6 Å². The van der Waals surface area contributed by atoms with E-state index in [4.69, 9.17) is 11.6 Å². The zero-order chi connectivity index (χ0) is 21.2. The molecule has 2 aromatic carbocycles. The molecule has 0 radical (unpaired) electrons. The van der Waals surface area contributed by atoms with Crippen LogP contribution in [0.1, 0.15) is 0 Å². The molecule has 3 rings (SSSR count). The quantitative estimate of drug-likeness (QED) is 0.421. The number of benzene rings is 2. The Morgan fingerprint density at radius 2 is 1.14 bits per heavy atom. The van der Waals surface area contributed by atoms with Gasteiger partial charge in [0, 0.05) is 11.1 Å². The van der Waals surface area contributed by atoms with Crippen LogP contribution in [0.15, 0.2) is 60.7 Å². The molecule has 0 saturated carbocycles. The van der Waals surface area contributed by atoms with Gasteiger partial charge < -0.3 is 9.47 Å². The lowest BCUT2D eigenvalue weighted by molar-refractivity contribution is -0.275. The SMILES string of the molecule is FC(F)(F)Oc1ccccc1-c1ccc(Cl)c(-c2ccccc2OC(F)(F)F)n1. The van der Waals surface area contributed by atoms with Crippen LogP contribution in [0.5, 0.6) is 11.5 Å². The Labute approximate surface area is 165 Å². The average Bonchev–Trinajstić information content (AvgIpc) is 2.61. The molecular formula is C19H10ClF6NO2. The number of rotatable bonds is 4. The molecule has 0 N–H and O–H groups in total. The van der Waals surface area contributed by atoms with Crippen molar-refractivity contribution in [3.63, 3.8) is 0 Å². The van der Waals surface area contributed by atoms with Gasteiger partial charge in [0.2, 0.25) is 0 Å². The molecule has 0 fully saturated rings. The average molecular weight is 434 g/mol. The first-order valence-electron chi connectivity index (χ1n) is 7.90. The van der Waals surface area contributed by atoms with Crippen molar-refractivity contribution in [2.75, 3.05) is 0 Å². The molecule has 0 atom stereocenters. The molecule has 10 heteroatoms. The number of alkyl halides is 6. The van der Waals surface area contributed by atoms with Crippen molar-refractivity contribution in [1.29, 1.82) is 0 Å². The second-order valence-corrected chi connectivity index (χ2v) is 6.02. The van der Waals surface area contributed by atoms with Crippen LogP contribution in [0, 0.1) is 0 Å². The van der Waals surface area contributed by atoms with E-state index in [0.29, 0.717) is 0 Å². The van der Waals surface area contributed by atoms with Crippen LogP contribution < -0.4 is 9.47 Å². The normalized spacial score (nSPS) is 12.0. The minimum atomic E-state index is -4.95. The highest BCUT2D eigenvalue weighted by atomic mass is 35.5. The van der Waals surface area contributed by atoms with Gasteiger partial charge in [0.15, 0.2) is 0 Å². The van der Waals surface area contributed by atoms with Gasteiger partial charge >= 0.3 is 12.7 Å². The number of hydrogen-bond acceptors (Lipinski definition) is 3. The third-order valence-electron chi connectivity index (χ3n) is 3.60. The van der Waals surface area contributed by atoms with E-state index in [-0.39, 0.29) is 27.5 Å². The molecule has 0 spiro atoms. The molecule has 0 saturated heterocycles. The Balaban J connectivity index is 2.11. The number of nitrogens with zero attached hydrogens (tertiary/aromatic N) is 1. The number of ether oxygens (including phenoxy) is 2. The number of aromatic nitrogens is 1. The van der Waals surface area contributed by atoms with Crippen LogP contribution in [0.4, 0.5) is 26.3 Å². The number of pyridine rings is 1. The van der Waals surface area contributed by atoms with Crippen molar-refractivity contribution in [2.45, 2.75) is 12.7 Å². The smallest absolute Gasteiger partial charge is 0.405 e. The number of hydrogen-bond donors (Lipinski definition) is 0. The molecule has 29 heavy (non-hydrogen) atoms. The van der Waals surface area contributed by atoms with Gasteiger partial charge in [0.05, 0.1) is 16.4 Å². The van der Waals surface area contributed by atoms with Crippen LogP contribution in [-0.4, -0.2) is 17.7 Å². The summed E-state index contributed by atoms with van der Waals surface area (Å²) in [6.07, 6.45) is -9.88. The largest absolute Gasteiger partial charge is 0.573 e. The molecule has 3 nitrogen and oxygen atoms in total. The molecule has 0 bridgehead atoms. The predicted octanol–water partition coefficient (Wildman–Crippen LogP) is 6.87. The van der Waals surface area contributed by atoms with Gasteiger partial charge in [-0.2, -0.15) is 0 Å². The zero-order valence-electron chi connectivity index (χ0n) is 14.2. The highest BCUT2D eigenvalue weighted by molar-refractivity contribution is 6.33. The summed E-state index contributed by atoms with van der Waals surface area (Å²) in [7, 11) is 0. The molecule has 0 aliphatic carbocycles. The standard InChI is InChI=1S/C19H10ClF6NO2/c20-13-9-10-14(11-5-1-3-7-15(11)28-18(21,22)23)27-17(13)12-6-2-4-8-16(12)29-19(24,25)26/h1-10H. The summed E-state index contributed by atoms with van der Waals surface area (Å²) < 4.78 is 84.1. The van der Waals surface area contributed by atoms with Gasteiger partial charge in [-0.05, 0) is 36.4 Å². The molecule has 152 valence electrons. The Bertz CT molecular complexity index is 1020. The van der Waals surface area contributed by atoms with E-state index in [1.807, 2.05) is 0 Å².